The van der Waals surface area contributed by atoms with Crippen molar-refractivity contribution in [2.75, 3.05) is 6.61 Å². The van der Waals surface area contributed by atoms with Gasteiger partial charge in [0.05, 0.1) is 5.41 Å². The molecule has 1 N–H and O–H groups in total. The highest BCUT2D eigenvalue weighted by Crippen LogP contribution is 2.46. The average molecular weight is 267 g/mol. The molecule has 2 amide bonds. The number of carbonyl (C=O) groups is 2. The number of hydrogen-bond donors (Lipinski definition) is 1. The molecule has 2 rings (SSSR count). The average Bonchev–Trinajstić information content (AvgIpc) is 2.60. The Kier molecular flexibility index (Phi) is 4.29. The molecule has 1 saturated heterocycles. The number of hydrogen-bond acceptors (Lipinski definition) is 3. The second kappa shape index (κ2) is 5.61. The zero-order chi connectivity index (χ0) is 14.0. The van der Waals surface area contributed by atoms with Gasteiger partial charge >= 0.3 is 0 Å². The van der Waals surface area contributed by atoms with Gasteiger partial charge in [0, 0.05) is 19.1 Å². The number of aliphatic hydroxyl groups is 1. The van der Waals surface area contributed by atoms with E-state index in [0.717, 1.165) is 25.7 Å². The van der Waals surface area contributed by atoms with Gasteiger partial charge < -0.3 is 5.11 Å². The molecular formula is C15H25NO3. The molecule has 1 spiro atoms. The van der Waals surface area contributed by atoms with Crippen molar-refractivity contribution in [3.8, 4) is 0 Å². The van der Waals surface area contributed by atoms with Crippen LogP contribution in [0.15, 0.2) is 0 Å². The Hall–Kier alpha value is -0.900. The number of nitrogens with zero attached hydrogens (tertiary/aromatic N) is 1. The van der Waals surface area contributed by atoms with Crippen molar-refractivity contribution in [2.45, 2.75) is 64.8 Å². The summed E-state index contributed by atoms with van der Waals surface area (Å²) in [5.41, 5.74) is -0.405. The number of likely N-dealkylation sites (tertiary alicyclic amines) is 1. The molecule has 1 saturated carbocycles. The smallest absolute Gasteiger partial charge is 0.236 e. The molecule has 0 aromatic rings. The second-order valence-electron chi connectivity index (χ2n) is 6.41. The quantitative estimate of drug-likeness (QED) is 0.794. The van der Waals surface area contributed by atoms with Crippen LogP contribution in [0.25, 0.3) is 0 Å². The highest BCUT2D eigenvalue weighted by atomic mass is 16.3. The summed E-state index contributed by atoms with van der Waals surface area (Å²) < 4.78 is 0. The van der Waals surface area contributed by atoms with E-state index in [1.54, 1.807) is 0 Å². The van der Waals surface area contributed by atoms with Crippen LogP contribution in [0.1, 0.15) is 58.8 Å². The minimum Gasteiger partial charge on any atom is -0.396 e. The SMILES string of the molecule is CC(C)C(CCO)N1C(=O)CC2(CCCCC2)C1=O. The summed E-state index contributed by atoms with van der Waals surface area (Å²) in [6.07, 6.45) is 5.88. The predicted octanol–water partition coefficient (Wildman–Crippen LogP) is 2.10. The van der Waals surface area contributed by atoms with Crippen LogP contribution in [0.4, 0.5) is 0 Å². The Morgan fingerprint density at radius 1 is 1.21 bits per heavy atom. The number of imide groups is 1. The molecule has 2 fully saturated rings. The van der Waals surface area contributed by atoms with E-state index in [4.69, 9.17) is 0 Å². The standard InChI is InChI=1S/C15H25NO3/c1-11(2)12(6-9-17)16-13(18)10-15(14(16)19)7-4-3-5-8-15/h11-12,17H,3-10H2,1-2H3. The Bertz CT molecular complexity index is 358. The van der Waals surface area contributed by atoms with Gasteiger partial charge in [-0.05, 0) is 25.2 Å². The number of carbonyl (C=O) groups excluding carboxylic acids is 2. The Balaban J connectivity index is 2.21. The van der Waals surface area contributed by atoms with E-state index < -0.39 is 5.41 Å². The van der Waals surface area contributed by atoms with E-state index in [-0.39, 0.29) is 30.4 Å². The molecule has 1 aliphatic heterocycles. The van der Waals surface area contributed by atoms with Crippen LogP contribution in [-0.4, -0.2) is 34.5 Å². The van der Waals surface area contributed by atoms with Gasteiger partial charge in [0.25, 0.3) is 0 Å². The highest BCUT2D eigenvalue weighted by molar-refractivity contribution is 6.06. The van der Waals surface area contributed by atoms with Crippen molar-refractivity contribution in [1.29, 1.82) is 0 Å². The maximum atomic E-state index is 12.7. The van der Waals surface area contributed by atoms with Gasteiger partial charge in [0.2, 0.25) is 11.8 Å². The van der Waals surface area contributed by atoms with E-state index in [0.29, 0.717) is 12.8 Å². The first-order valence-corrected chi connectivity index (χ1v) is 7.49. The lowest BCUT2D eigenvalue weighted by Crippen LogP contribution is -2.46. The lowest BCUT2D eigenvalue weighted by atomic mass is 9.73. The number of aliphatic hydroxyl groups excluding tert-OH is 1. The van der Waals surface area contributed by atoms with Gasteiger partial charge in [-0.25, -0.2) is 0 Å². The molecule has 19 heavy (non-hydrogen) atoms. The first kappa shape index (κ1) is 14.5. The van der Waals surface area contributed by atoms with Crippen molar-refractivity contribution < 1.29 is 14.7 Å². The monoisotopic (exact) mass is 267 g/mol. The molecule has 1 unspecified atom stereocenters. The molecule has 0 aromatic heterocycles. The fourth-order valence-electron chi connectivity index (χ4n) is 3.67. The Morgan fingerprint density at radius 2 is 1.84 bits per heavy atom. The summed E-state index contributed by atoms with van der Waals surface area (Å²) in [7, 11) is 0. The molecule has 0 bridgehead atoms. The third kappa shape index (κ3) is 2.55. The molecule has 0 radical (unpaired) electrons. The maximum absolute atomic E-state index is 12.7. The molecular weight excluding hydrogens is 242 g/mol. The maximum Gasteiger partial charge on any atom is 0.236 e. The molecule has 2 aliphatic rings. The van der Waals surface area contributed by atoms with Crippen molar-refractivity contribution in [3.63, 3.8) is 0 Å². The molecule has 1 aliphatic carbocycles. The van der Waals surface area contributed by atoms with Crippen LogP contribution >= 0.6 is 0 Å². The molecule has 1 atom stereocenters. The Morgan fingerprint density at radius 3 is 2.37 bits per heavy atom. The van der Waals surface area contributed by atoms with E-state index >= 15 is 0 Å². The molecule has 4 heteroatoms. The van der Waals surface area contributed by atoms with Crippen LogP contribution in [0.2, 0.25) is 0 Å². The van der Waals surface area contributed by atoms with E-state index in [1.165, 1.54) is 11.3 Å². The second-order valence-corrected chi connectivity index (χ2v) is 6.41. The Labute approximate surface area is 115 Å². The van der Waals surface area contributed by atoms with Gasteiger partial charge in [-0.1, -0.05) is 33.1 Å². The van der Waals surface area contributed by atoms with Crippen LogP contribution < -0.4 is 0 Å². The van der Waals surface area contributed by atoms with Crippen molar-refractivity contribution in [2.24, 2.45) is 11.3 Å². The highest BCUT2D eigenvalue weighted by Gasteiger charge is 2.53. The van der Waals surface area contributed by atoms with E-state index in [9.17, 15) is 14.7 Å². The predicted molar refractivity (Wildman–Crippen MR) is 72.3 cm³/mol. The van der Waals surface area contributed by atoms with Crippen molar-refractivity contribution in [1.82, 2.24) is 4.90 Å². The minimum atomic E-state index is -0.405. The molecule has 4 nitrogen and oxygen atoms in total. The van der Waals surface area contributed by atoms with Crippen LogP contribution in [0.3, 0.4) is 0 Å². The topological polar surface area (TPSA) is 57.6 Å². The lowest BCUT2D eigenvalue weighted by molar-refractivity contribution is -0.146. The van der Waals surface area contributed by atoms with Crippen LogP contribution in [0.5, 0.6) is 0 Å². The zero-order valence-corrected chi connectivity index (χ0v) is 12.0. The lowest BCUT2D eigenvalue weighted by Gasteiger charge is -2.34. The van der Waals surface area contributed by atoms with Crippen LogP contribution in [-0.2, 0) is 9.59 Å². The summed E-state index contributed by atoms with van der Waals surface area (Å²) in [6, 6.07) is -0.147. The van der Waals surface area contributed by atoms with Gasteiger partial charge in [0.1, 0.15) is 0 Å². The number of rotatable bonds is 4. The van der Waals surface area contributed by atoms with Gasteiger partial charge in [0.15, 0.2) is 0 Å². The van der Waals surface area contributed by atoms with E-state index in [2.05, 4.69) is 0 Å². The van der Waals surface area contributed by atoms with Crippen molar-refractivity contribution in [3.05, 3.63) is 0 Å². The fourth-order valence-corrected chi connectivity index (χ4v) is 3.67. The summed E-state index contributed by atoms with van der Waals surface area (Å²) in [5, 5.41) is 9.17. The fraction of sp³-hybridized carbons (Fsp3) is 0.867. The molecule has 0 aromatic carbocycles. The third-order valence-electron chi connectivity index (χ3n) is 4.77. The number of amides is 2. The van der Waals surface area contributed by atoms with Gasteiger partial charge in [-0.15, -0.1) is 0 Å². The zero-order valence-electron chi connectivity index (χ0n) is 12.0. The largest absolute Gasteiger partial charge is 0.396 e. The third-order valence-corrected chi connectivity index (χ3v) is 4.77. The first-order valence-electron chi connectivity index (χ1n) is 7.49. The van der Waals surface area contributed by atoms with E-state index in [1.807, 2.05) is 13.8 Å². The normalized spacial score (nSPS) is 24.5. The summed E-state index contributed by atoms with van der Waals surface area (Å²) >= 11 is 0. The summed E-state index contributed by atoms with van der Waals surface area (Å²) in [5.74, 6) is 0.196. The molecule has 1 heterocycles. The van der Waals surface area contributed by atoms with Crippen molar-refractivity contribution >= 4 is 11.8 Å². The van der Waals surface area contributed by atoms with Gasteiger partial charge in [-0.3, -0.25) is 14.5 Å². The van der Waals surface area contributed by atoms with Crippen LogP contribution in [0, 0.1) is 11.3 Å². The minimum absolute atomic E-state index is 0.0207. The summed E-state index contributed by atoms with van der Waals surface area (Å²) in [6.45, 7) is 4.03. The van der Waals surface area contributed by atoms with Gasteiger partial charge in [-0.2, -0.15) is 0 Å². The molecule has 108 valence electrons. The first-order chi connectivity index (χ1) is 9.02. The summed E-state index contributed by atoms with van der Waals surface area (Å²) in [4.78, 5) is 26.5.